The highest BCUT2D eigenvalue weighted by molar-refractivity contribution is 6.09. The van der Waals surface area contributed by atoms with Gasteiger partial charge >= 0.3 is 0 Å². The van der Waals surface area contributed by atoms with Crippen LogP contribution >= 0.6 is 0 Å². The monoisotopic (exact) mass is 341 g/mol. The summed E-state index contributed by atoms with van der Waals surface area (Å²) in [5, 5.41) is 13.5. The molecular weight excluding hydrogens is 322 g/mol. The van der Waals surface area contributed by atoms with Gasteiger partial charge in [0, 0.05) is 16.8 Å². The molecule has 0 saturated heterocycles. The van der Waals surface area contributed by atoms with E-state index in [1.807, 2.05) is 13.0 Å². The molecule has 1 unspecified atom stereocenters. The van der Waals surface area contributed by atoms with Crippen LogP contribution in [0.25, 0.3) is 0 Å². The van der Waals surface area contributed by atoms with Crippen LogP contribution in [0.15, 0.2) is 36.4 Å². The Bertz CT molecular complexity index is 861. The highest BCUT2D eigenvalue weighted by Crippen LogP contribution is 2.40. The quantitative estimate of drug-likeness (QED) is 0.816. The normalized spacial score (nSPS) is 18.5. The van der Waals surface area contributed by atoms with Gasteiger partial charge < -0.3 is 19.9 Å². The second-order valence-corrected chi connectivity index (χ2v) is 6.03. The van der Waals surface area contributed by atoms with Crippen molar-refractivity contribution < 1.29 is 24.2 Å². The summed E-state index contributed by atoms with van der Waals surface area (Å²) in [7, 11) is 2.98. The Labute approximate surface area is 145 Å². The van der Waals surface area contributed by atoms with Crippen LogP contribution in [0.5, 0.6) is 11.5 Å². The van der Waals surface area contributed by atoms with Gasteiger partial charge in [-0.25, -0.2) is 0 Å². The molecular formula is C19H19NO5. The van der Waals surface area contributed by atoms with Crippen molar-refractivity contribution in [2.75, 3.05) is 19.5 Å². The number of amides is 1. The average Bonchev–Trinajstić information content (AvgIpc) is 2.84. The zero-order chi connectivity index (χ0) is 18.2. The molecule has 0 aromatic heterocycles. The molecule has 0 bridgehead atoms. The standard InChI is InChI=1S/C19H19NO5/c1-11-4-6-14-13(8-11)19(23,18(22)20-14)10-15(21)12-5-7-16(24-2)17(9-12)25-3/h4-9,23H,10H2,1-3H3,(H,20,22). The van der Waals surface area contributed by atoms with Crippen molar-refractivity contribution in [1.82, 2.24) is 0 Å². The number of rotatable bonds is 5. The number of ketones is 1. The van der Waals surface area contributed by atoms with Gasteiger partial charge in [0.1, 0.15) is 0 Å². The van der Waals surface area contributed by atoms with E-state index in [1.54, 1.807) is 24.3 Å². The Morgan fingerprint density at radius 2 is 1.84 bits per heavy atom. The SMILES string of the molecule is COc1ccc(C(=O)CC2(O)C(=O)Nc3ccc(C)cc32)cc1OC. The second-order valence-electron chi connectivity index (χ2n) is 6.03. The highest BCUT2D eigenvalue weighted by Gasteiger charge is 2.46. The number of carbonyl (C=O) groups excluding carboxylic acids is 2. The molecule has 1 aliphatic rings. The molecule has 1 aliphatic heterocycles. The van der Waals surface area contributed by atoms with Crippen LogP contribution in [-0.4, -0.2) is 31.0 Å². The topological polar surface area (TPSA) is 84.9 Å². The first-order valence-corrected chi connectivity index (χ1v) is 7.79. The maximum atomic E-state index is 12.7. The molecule has 2 aromatic rings. The summed E-state index contributed by atoms with van der Waals surface area (Å²) in [6.07, 6.45) is -0.356. The number of benzene rings is 2. The number of carbonyl (C=O) groups is 2. The molecule has 25 heavy (non-hydrogen) atoms. The molecule has 130 valence electrons. The van der Waals surface area contributed by atoms with Gasteiger partial charge in [0.2, 0.25) is 0 Å². The number of anilines is 1. The molecule has 1 amide bonds. The molecule has 0 aliphatic carbocycles. The van der Waals surface area contributed by atoms with Gasteiger partial charge in [-0.2, -0.15) is 0 Å². The van der Waals surface area contributed by atoms with Gasteiger partial charge in [-0.15, -0.1) is 0 Å². The summed E-state index contributed by atoms with van der Waals surface area (Å²) >= 11 is 0. The summed E-state index contributed by atoms with van der Waals surface area (Å²) in [5.41, 5.74) is 0.294. The lowest BCUT2D eigenvalue weighted by molar-refractivity contribution is -0.133. The third-order valence-electron chi connectivity index (χ3n) is 4.37. The van der Waals surface area contributed by atoms with Crippen LogP contribution < -0.4 is 14.8 Å². The minimum absolute atomic E-state index is 0.333. The first kappa shape index (κ1) is 17.0. The number of methoxy groups -OCH3 is 2. The second kappa shape index (κ2) is 6.22. The first-order chi connectivity index (χ1) is 11.9. The van der Waals surface area contributed by atoms with Crippen LogP contribution in [0.2, 0.25) is 0 Å². The van der Waals surface area contributed by atoms with Gasteiger partial charge in [-0.05, 0) is 31.2 Å². The van der Waals surface area contributed by atoms with E-state index in [4.69, 9.17) is 9.47 Å². The first-order valence-electron chi connectivity index (χ1n) is 7.79. The maximum absolute atomic E-state index is 12.7. The average molecular weight is 341 g/mol. The van der Waals surface area contributed by atoms with Gasteiger partial charge in [0.25, 0.3) is 5.91 Å². The predicted octanol–water partition coefficient (Wildman–Crippen LogP) is 2.42. The molecule has 0 saturated carbocycles. The minimum atomic E-state index is -1.88. The lowest BCUT2D eigenvalue weighted by Crippen LogP contribution is -2.36. The molecule has 2 N–H and O–H groups in total. The molecule has 0 radical (unpaired) electrons. The maximum Gasteiger partial charge on any atom is 0.261 e. The number of ether oxygens (including phenoxy) is 2. The number of aliphatic hydroxyl groups is 1. The van der Waals surface area contributed by atoms with E-state index in [9.17, 15) is 14.7 Å². The summed E-state index contributed by atoms with van der Waals surface area (Å²) < 4.78 is 10.3. The van der Waals surface area contributed by atoms with Crippen molar-refractivity contribution in [3.05, 3.63) is 53.1 Å². The van der Waals surface area contributed by atoms with Crippen molar-refractivity contribution in [2.45, 2.75) is 18.9 Å². The van der Waals surface area contributed by atoms with Crippen molar-refractivity contribution in [1.29, 1.82) is 0 Å². The summed E-state index contributed by atoms with van der Waals surface area (Å²) in [6.45, 7) is 1.86. The highest BCUT2D eigenvalue weighted by atomic mass is 16.5. The smallest absolute Gasteiger partial charge is 0.261 e. The lowest BCUT2D eigenvalue weighted by Gasteiger charge is -2.20. The summed E-state index contributed by atoms with van der Waals surface area (Å²) in [4.78, 5) is 25.0. The van der Waals surface area contributed by atoms with Crippen LogP contribution in [0.3, 0.4) is 0 Å². The van der Waals surface area contributed by atoms with E-state index >= 15 is 0 Å². The van der Waals surface area contributed by atoms with Gasteiger partial charge in [0.15, 0.2) is 22.9 Å². The minimum Gasteiger partial charge on any atom is -0.493 e. The van der Waals surface area contributed by atoms with Crippen molar-refractivity contribution >= 4 is 17.4 Å². The lowest BCUT2D eigenvalue weighted by atomic mass is 9.87. The van der Waals surface area contributed by atoms with Crippen LogP contribution in [0, 0.1) is 6.92 Å². The van der Waals surface area contributed by atoms with Crippen LogP contribution in [0.4, 0.5) is 5.69 Å². The van der Waals surface area contributed by atoms with E-state index in [1.165, 1.54) is 20.3 Å². The van der Waals surface area contributed by atoms with Crippen LogP contribution in [-0.2, 0) is 10.4 Å². The number of hydrogen-bond acceptors (Lipinski definition) is 5. The number of hydrogen-bond donors (Lipinski definition) is 2. The Balaban J connectivity index is 1.93. The Morgan fingerprint density at radius 3 is 2.52 bits per heavy atom. The number of nitrogens with one attached hydrogen (secondary N) is 1. The molecule has 1 atom stereocenters. The summed E-state index contributed by atoms with van der Waals surface area (Å²) in [5.74, 6) is -0.0558. The van der Waals surface area contributed by atoms with E-state index in [-0.39, 0.29) is 12.2 Å². The molecule has 0 fully saturated rings. The number of Topliss-reactive ketones (excluding diaryl/α,β-unsaturated/α-hetero) is 1. The van der Waals surface area contributed by atoms with E-state index in [2.05, 4.69) is 5.32 Å². The Hall–Kier alpha value is -2.86. The van der Waals surface area contributed by atoms with Crippen molar-refractivity contribution in [3.8, 4) is 11.5 Å². The largest absolute Gasteiger partial charge is 0.493 e. The van der Waals surface area contributed by atoms with E-state index < -0.39 is 11.5 Å². The summed E-state index contributed by atoms with van der Waals surface area (Å²) in [6, 6.07) is 10.0. The van der Waals surface area contributed by atoms with E-state index in [0.717, 1.165) is 5.56 Å². The van der Waals surface area contributed by atoms with Gasteiger partial charge in [-0.1, -0.05) is 17.7 Å². The fraction of sp³-hybridized carbons (Fsp3) is 0.263. The molecule has 2 aromatic carbocycles. The Kier molecular flexibility index (Phi) is 4.22. The molecule has 3 rings (SSSR count). The molecule has 0 spiro atoms. The molecule has 1 heterocycles. The Morgan fingerprint density at radius 1 is 1.12 bits per heavy atom. The molecule has 6 nitrogen and oxygen atoms in total. The van der Waals surface area contributed by atoms with Crippen LogP contribution in [0.1, 0.15) is 27.9 Å². The third kappa shape index (κ3) is 2.85. The number of fused-ring (bicyclic) bond motifs is 1. The molecule has 6 heteroatoms. The van der Waals surface area contributed by atoms with E-state index in [0.29, 0.717) is 28.3 Å². The fourth-order valence-corrected chi connectivity index (χ4v) is 2.98. The van der Waals surface area contributed by atoms with Crippen molar-refractivity contribution in [2.24, 2.45) is 0 Å². The predicted molar refractivity (Wildman–Crippen MR) is 92.2 cm³/mol. The zero-order valence-electron chi connectivity index (χ0n) is 14.3. The van der Waals surface area contributed by atoms with Gasteiger partial charge in [-0.3, -0.25) is 9.59 Å². The zero-order valence-corrected chi connectivity index (χ0v) is 14.3. The number of aryl methyl sites for hydroxylation is 1. The third-order valence-corrected chi connectivity index (χ3v) is 4.37. The van der Waals surface area contributed by atoms with Crippen molar-refractivity contribution in [3.63, 3.8) is 0 Å². The fourth-order valence-electron chi connectivity index (χ4n) is 2.98. The van der Waals surface area contributed by atoms with Gasteiger partial charge in [0.05, 0.1) is 20.6 Å².